The van der Waals surface area contributed by atoms with Crippen LogP contribution in [0.3, 0.4) is 0 Å². The van der Waals surface area contributed by atoms with Crippen molar-refractivity contribution in [3.8, 4) is 0 Å². The maximum Gasteiger partial charge on any atom is 0.249 e. The van der Waals surface area contributed by atoms with E-state index >= 15 is 0 Å². The fraction of sp³-hybridized carbons (Fsp3) is 0.419. The van der Waals surface area contributed by atoms with Crippen LogP contribution in [0.2, 0.25) is 0 Å². The number of nitrogens with one attached hydrogen (secondary N) is 1. The third kappa shape index (κ3) is 6.35. The number of carbonyl (C=O) groups excluding carboxylic acids is 2. The minimum absolute atomic E-state index is 0.0295. The average Bonchev–Trinajstić information content (AvgIpc) is 3.62. The average molecular weight is 606 g/mol. The smallest absolute Gasteiger partial charge is 0.249 e. The molecule has 1 aliphatic carbocycles. The molecule has 2 amide bonds. The zero-order chi connectivity index (χ0) is 30.6. The van der Waals surface area contributed by atoms with Crippen LogP contribution < -0.4 is 10.2 Å². The predicted octanol–water partition coefficient (Wildman–Crippen LogP) is 4.02. The number of carbonyl (C=O) groups is 2. The zero-order valence-corrected chi connectivity index (χ0v) is 25.7. The van der Waals surface area contributed by atoms with Crippen LogP contribution in [0, 0.1) is 0 Å². The molecule has 1 fully saturated rings. The largest absolute Gasteiger partial charge is 0.352 e. The first-order valence-corrected chi connectivity index (χ1v) is 16.3. The minimum Gasteiger partial charge on any atom is -0.352 e. The Balaban J connectivity index is 1.57. The van der Waals surface area contributed by atoms with Crippen molar-refractivity contribution >= 4 is 38.6 Å². The van der Waals surface area contributed by atoms with Crippen LogP contribution in [0.4, 0.5) is 5.69 Å². The molecule has 1 saturated carbocycles. The molecule has 228 valence electrons. The topological polar surface area (TPSA) is 122 Å². The molecule has 2 heterocycles. The number of aryl methyl sites for hydroxylation is 1. The highest BCUT2D eigenvalue weighted by Gasteiger charge is 2.36. The molecular weight excluding hydrogens is 566 g/mol. The number of rotatable bonds is 11. The van der Waals surface area contributed by atoms with Gasteiger partial charge in [0.15, 0.2) is 6.04 Å². The second-order valence-corrected chi connectivity index (χ2v) is 12.8. The highest BCUT2D eigenvalue weighted by atomic mass is 32.2. The molecule has 0 radical (unpaired) electrons. The summed E-state index contributed by atoms with van der Waals surface area (Å²) in [6.45, 7) is 4.09. The third-order valence-electron chi connectivity index (χ3n) is 8.15. The number of nitrogens with zero attached hydrogens (tertiary/aromatic N) is 6. The van der Waals surface area contributed by atoms with Gasteiger partial charge in [-0.2, -0.15) is 4.31 Å². The lowest BCUT2D eigenvalue weighted by molar-refractivity contribution is -0.127. The summed E-state index contributed by atoms with van der Waals surface area (Å²) < 4.78 is 31.1. The van der Waals surface area contributed by atoms with Gasteiger partial charge < -0.3 is 9.88 Å². The van der Waals surface area contributed by atoms with Crippen molar-refractivity contribution in [2.75, 3.05) is 18.0 Å². The number of para-hydroxylation sites is 1. The number of amides is 2. The lowest BCUT2D eigenvalue weighted by Crippen LogP contribution is -2.48. The van der Waals surface area contributed by atoms with Gasteiger partial charge >= 0.3 is 0 Å². The molecule has 0 aliphatic heterocycles. The maximum absolute atomic E-state index is 14.3. The van der Waals surface area contributed by atoms with E-state index in [9.17, 15) is 18.0 Å². The van der Waals surface area contributed by atoms with E-state index in [4.69, 9.17) is 0 Å². The number of hydrogen-bond acceptors (Lipinski definition) is 6. The van der Waals surface area contributed by atoms with Gasteiger partial charge in [-0.1, -0.05) is 50.5 Å². The Morgan fingerprint density at radius 2 is 1.67 bits per heavy atom. The Morgan fingerprint density at radius 1 is 0.977 bits per heavy atom. The second-order valence-electron chi connectivity index (χ2n) is 10.9. The summed E-state index contributed by atoms with van der Waals surface area (Å²) in [6.07, 6.45) is 6.86. The summed E-state index contributed by atoms with van der Waals surface area (Å²) >= 11 is 0. The first kappa shape index (κ1) is 30.4. The minimum atomic E-state index is -3.71. The van der Waals surface area contributed by atoms with Crippen LogP contribution in [0.1, 0.15) is 57.7 Å². The van der Waals surface area contributed by atoms with Crippen LogP contribution in [0.15, 0.2) is 71.8 Å². The molecule has 1 N–H and O–H groups in total. The molecule has 1 aliphatic rings. The molecule has 11 nitrogen and oxygen atoms in total. The van der Waals surface area contributed by atoms with E-state index in [1.807, 2.05) is 54.2 Å². The van der Waals surface area contributed by atoms with E-state index in [0.29, 0.717) is 35.5 Å². The van der Waals surface area contributed by atoms with Crippen molar-refractivity contribution in [2.45, 2.75) is 69.5 Å². The highest BCUT2D eigenvalue weighted by Crippen LogP contribution is 2.31. The molecule has 12 heteroatoms. The normalized spacial score (nSPS) is 15.1. The highest BCUT2D eigenvalue weighted by molar-refractivity contribution is 7.89. The van der Waals surface area contributed by atoms with E-state index < -0.39 is 16.1 Å². The third-order valence-corrected chi connectivity index (χ3v) is 10.2. The van der Waals surface area contributed by atoms with Gasteiger partial charge in [-0.05, 0) is 61.4 Å². The van der Waals surface area contributed by atoms with E-state index in [1.165, 1.54) is 26.0 Å². The molecule has 43 heavy (non-hydrogen) atoms. The molecule has 0 saturated heterocycles. The predicted molar refractivity (Wildman–Crippen MR) is 165 cm³/mol. The quantitative estimate of drug-likeness (QED) is 0.276. The summed E-state index contributed by atoms with van der Waals surface area (Å²) in [5.41, 5.74) is 2.38. The van der Waals surface area contributed by atoms with Crippen LogP contribution in [0.5, 0.6) is 0 Å². The number of sulfonamides is 1. The number of aromatic nitrogens is 4. The zero-order valence-electron chi connectivity index (χ0n) is 24.9. The molecular formula is C31H39N7O4S. The van der Waals surface area contributed by atoms with Gasteiger partial charge in [0.25, 0.3) is 0 Å². The maximum atomic E-state index is 14.3. The molecule has 2 aromatic heterocycles. The van der Waals surface area contributed by atoms with Gasteiger partial charge in [0.2, 0.25) is 21.8 Å². The Kier molecular flexibility index (Phi) is 9.26. The second kappa shape index (κ2) is 13.1. The monoisotopic (exact) mass is 605 g/mol. The fourth-order valence-corrected chi connectivity index (χ4v) is 7.29. The fourth-order valence-electron chi connectivity index (χ4n) is 5.84. The van der Waals surface area contributed by atoms with Crippen molar-refractivity contribution in [2.24, 2.45) is 7.05 Å². The van der Waals surface area contributed by atoms with Gasteiger partial charge in [-0.25, -0.2) is 13.1 Å². The van der Waals surface area contributed by atoms with E-state index in [2.05, 4.69) is 15.6 Å². The first-order chi connectivity index (χ1) is 20.7. The molecule has 0 bridgehead atoms. The summed E-state index contributed by atoms with van der Waals surface area (Å²) in [4.78, 5) is 30.0. The molecule has 0 spiro atoms. The molecule has 4 aromatic rings. The Hall–Kier alpha value is -4.03. The van der Waals surface area contributed by atoms with Crippen molar-refractivity contribution in [3.05, 3.63) is 72.6 Å². The number of hydrogen-bond donors (Lipinski definition) is 1. The van der Waals surface area contributed by atoms with Crippen molar-refractivity contribution in [1.29, 1.82) is 0 Å². The standard InChI is InChI=1S/C31H39N7O4S/c1-4-36(5-2)43(41,42)25-19-17-24(18-20-25)38(29(39)22-37-27-15-10-9-14-26(27)33-34-37)30(28-16-11-21-35(28)3)31(40)32-23-12-7-6-8-13-23/h9-11,14-21,23,30H,4-8,12-13,22H2,1-3H3,(H,32,40)/t30-/m1/s1. The Bertz CT molecular complexity index is 1670. The Morgan fingerprint density at radius 3 is 2.33 bits per heavy atom. The van der Waals surface area contributed by atoms with Gasteiger partial charge in [-0.3, -0.25) is 14.5 Å². The SMILES string of the molecule is CCN(CC)S(=O)(=O)c1ccc(N(C(=O)Cn2nnc3ccccc32)[C@@H](C(=O)NC2CCCCC2)c2cccn2C)cc1. The lowest BCUT2D eigenvalue weighted by Gasteiger charge is -2.33. The number of fused-ring (bicyclic) bond motifs is 1. The van der Waals surface area contributed by atoms with Crippen LogP contribution in [0.25, 0.3) is 11.0 Å². The van der Waals surface area contributed by atoms with Crippen molar-refractivity contribution in [3.63, 3.8) is 0 Å². The summed E-state index contributed by atoms with van der Waals surface area (Å²) in [7, 11) is -1.87. The van der Waals surface area contributed by atoms with Crippen LogP contribution >= 0.6 is 0 Å². The number of benzene rings is 2. The van der Waals surface area contributed by atoms with Gasteiger partial charge in [0.1, 0.15) is 12.1 Å². The van der Waals surface area contributed by atoms with Crippen LogP contribution in [-0.4, -0.2) is 63.2 Å². The molecule has 2 aromatic carbocycles. The summed E-state index contributed by atoms with van der Waals surface area (Å²) in [6, 6.07) is 16.2. The molecule has 1 atom stereocenters. The van der Waals surface area contributed by atoms with E-state index in [1.54, 1.807) is 26.0 Å². The van der Waals surface area contributed by atoms with Gasteiger partial charge in [-0.15, -0.1) is 5.10 Å². The van der Waals surface area contributed by atoms with Gasteiger partial charge in [0, 0.05) is 38.1 Å². The van der Waals surface area contributed by atoms with Crippen molar-refractivity contribution < 1.29 is 18.0 Å². The van der Waals surface area contributed by atoms with E-state index in [0.717, 1.165) is 32.1 Å². The summed E-state index contributed by atoms with van der Waals surface area (Å²) in [5, 5.41) is 11.6. The number of anilines is 1. The first-order valence-electron chi connectivity index (χ1n) is 14.9. The van der Waals surface area contributed by atoms with Gasteiger partial charge in [0.05, 0.1) is 16.1 Å². The lowest BCUT2D eigenvalue weighted by atomic mass is 9.95. The Labute approximate surface area is 252 Å². The summed E-state index contributed by atoms with van der Waals surface area (Å²) in [5.74, 6) is -0.676. The van der Waals surface area contributed by atoms with Crippen molar-refractivity contribution in [1.82, 2.24) is 29.2 Å². The molecule has 0 unspecified atom stereocenters. The van der Waals surface area contributed by atoms with Crippen LogP contribution in [-0.2, 0) is 33.2 Å². The van der Waals surface area contributed by atoms with E-state index in [-0.39, 0.29) is 29.3 Å². The molecule has 5 rings (SSSR count).